The van der Waals surface area contributed by atoms with Crippen LogP contribution in [0.15, 0.2) is 66.7 Å². The minimum atomic E-state index is -4.45. The average molecular weight is 413 g/mol. The van der Waals surface area contributed by atoms with Gasteiger partial charge in [-0.3, -0.25) is 0 Å². The van der Waals surface area contributed by atoms with Crippen LogP contribution in [0.1, 0.15) is 16.0 Å². The van der Waals surface area contributed by atoms with E-state index in [0.29, 0.717) is 22.7 Å². The SMILES string of the molecule is Nc1sc(CCc2cccc3ccccc23)c(O)c1-c1cccc(C(F)(F)F)c1. The third kappa shape index (κ3) is 3.80. The Morgan fingerprint density at radius 2 is 1.62 bits per heavy atom. The zero-order valence-electron chi connectivity index (χ0n) is 15.3. The van der Waals surface area contributed by atoms with Crippen LogP contribution in [0, 0.1) is 0 Å². The Hall–Kier alpha value is -2.99. The number of benzene rings is 3. The smallest absolute Gasteiger partial charge is 0.416 e. The van der Waals surface area contributed by atoms with E-state index in [0.717, 1.165) is 28.5 Å². The van der Waals surface area contributed by atoms with Crippen molar-refractivity contribution in [3.8, 4) is 16.9 Å². The lowest BCUT2D eigenvalue weighted by Gasteiger charge is -2.09. The minimum absolute atomic E-state index is 0.0351. The standard InChI is InChI=1S/C23H18F3NOS/c24-23(25,26)17-9-4-8-16(13-17)20-21(28)19(29-22(20)27)12-11-15-7-3-6-14-5-1-2-10-18(14)15/h1-10,13,28H,11-12,27H2. The highest BCUT2D eigenvalue weighted by Gasteiger charge is 2.31. The molecule has 0 aliphatic rings. The first-order chi connectivity index (χ1) is 13.8. The summed E-state index contributed by atoms with van der Waals surface area (Å²) in [7, 11) is 0. The lowest BCUT2D eigenvalue weighted by atomic mass is 9.99. The van der Waals surface area contributed by atoms with Crippen molar-refractivity contribution < 1.29 is 18.3 Å². The largest absolute Gasteiger partial charge is 0.506 e. The van der Waals surface area contributed by atoms with Crippen LogP contribution in [0.3, 0.4) is 0 Å². The Balaban J connectivity index is 1.64. The first-order valence-corrected chi connectivity index (χ1v) is 9.90. The zero-order valence-corrected chi connectivity index (χ0v) is 16.1. The van der Waals surface area contributed by atoms with Crippen molar-refractivity contribution in [3.05, 3.63) is 82.7 Å². The van der Waals surface area contributed by atoms with E-state index in [9.17, 15) is 18.3 Å². The maximum Gasteiger partial charge on any atom is 0.416 e. The number of nitrogen functional groups attached to an aromatic ring is 1. The maximum atomic E-state index is 13.0. The van der Waals surface area contributed by atoms with E-state index < -0.39 is 11.7 Å². The second-order valence-electron chi connectivity index (χ2n) is 6.83. The fourth-order valence-electron chi connectivity index (χ4n) is 3.55. The minimum Gasteiger partial charge on any atom is -0.506 e. The van der Waals surface area contributed by atoms with E-state index in [1.165, 1.54) is 23.5 Å². The number of aromatic hydroxyl groups is 1. The molecule has 0 aliphatic heterocycles. The maximum absolute atomic E-state index is 13.0. The predicted octanol–water partition coefficient (Wildman–Crippen LogP) is 6.66. The summed E-state index contributed by atoms with van der Waals surface area (Å²) in [6.07, 6.45) is -3.21. The Labute approximate surface area is 170 Å². The number of hydrogen-bond donors (Lipinski definition) is 2. The number of nitrogens with two attached hydrogens (primary N) is 1. The van der Waals surface area contributed by atoms with E-state index in [-0.39, 0.29) is 16.9 Å². The van der Waals surface area contributed by atoms with Gasteiger partial charge in [0.15, 0.2) is 0 Å². The molecular weight excluding hydrogens is 395 g/mol. The van der Waals surface area contributed by atoms with Crippen molar-refractivity contribution in [2.75, 3.05) is 5.73 Å². The molecule has 1 heterocycles. The van der Waals surface area contributed by atoms with Gasteiger partial charge in [0.1, 0.15) is 5.75 Å². The fraction of sp³-hybridized carbons (Fsp3) is 0.130. The fourth-order valence-corrected chi connectivity index (χ4v) is 4.53. The molecule has 4 aromatic rings. The quantitative estimate of drug-likeness (QED) is 0.393. The van der Waals surface area contributed by atoms with Crippen molar-refractivity contribution in [2.24, 2.45) is 0 Å². The van der Waals surface area contributed by atoms with Crippen LogP contribution in [0.2, 0.25) is 0 Å². The number of alkyl halides is 3. The molecular formula is C23H18F3NOS. The highest BCUT2D eigenvalue weighted by molar-refractivity contribution is 7.17. The number of anilines is 1. The highest BCUT2D eigenvalue weighted by atomic mass is 32.1. The predicted molar refractivity (Wildman–Crippen MR) is 112 cm³/mol. The van der Waals surface area contributed by atoms with Gasteiger partial charge in [-0.2, -0.15) is 13.2 Å². The lowest BCUT2D eigenvalue weighted by molar-refractivity contribution is -0.137. The molecule has 0 aliphatic carbocycles. The molecule has 0 saturated heterocycles. The second kappa shape index (κ2) is 7.44. The molecule has 0 fully saturated rings. The molecule has 6 heteroatoms. The molecule has 0 radical (unpaired) electrons. The average Bonchev–Trinajstić information content (AvgIpc) is 2.99. The number of rotatable bonds is 4. The number of aryl methyl sites for hydroxylation is 2. The van der Waals surface area contributed by atoms with Crippen molar-refractivity contribution in [1.82, 2.24) is 0 Å². The summed E-state index contributed by atoms with van der Waals surface area (Å²) in [5, 5.41) is 13.3. The van der Waals surface area contributed by atoms with E-state index in [1.807, 2.05) is 36.4 Å². The monoisotopic (exact) mass is 413 g/mol. The van der Waals surface area contributed by atoms with Gasteiger partial charge in [-0.25, -0.2) is 0 Å². The van der Waals surface area contributed by atoms with Crippen molar-refractivity contribution in [2.45, 2.75) is 19.0 Å². The number of fused-ring (bicyclic) bond motifs is 1. The molecule has 4 rings (SSSR count). The van der Waals surface area contributed by atoms with Gasteiger partial charge >= 0.3 is 6.18 Å². The van der Waals surface area contributed by atoms with Gasteiger partial charge in [-0.1, -0.05) is 54.6 Å². The van der Waals surface area contributed by atoms with Crippen molar-refractivity contribution in [1.29, 1.82) is 0 Å². The molecule has 2 nitrogen and oxygen atoms in total. The van der Waals surface area contributed by atoms with Crippen LogP contribution in [0.5, 0.6) is 5.75 Å². The topological polar surface area (TPSA) is 46.2 Å². The summed E-state index contributed by atoms with van der Waals surface area (Å²) < 4.78 is 39.1. The van der Waals surface area contributed by atoms with Gasteiger partial charge in [0.05, 0.1) is 16.1 Å². The van der Waals surface area contributed by atoms with Gasteiger partial charge in [0, 0.05) is 4.88 Å². The van der Waals surface area contributed by atoms with E-state index >= 15 is 0 Å². The zero-order chi connectivity index (χ0) is 20.6. The number of halogens is 3. The molecule has 0 atom stereocenters. The summed E-state index contributed by atoms with van der Waals surface area (Å²) >= 11 is 1.22. The molecule has 0 spiro atoms. The summed E-state index contributed by atoms with van der Waals surface area (Å²) in [6, 6.07) is 19.0. The first kappa shape index (κ1) is 19.3. The molecule has 0 bridgehead atoms. The normalized spacial score (nSPS) is 11.8. The summed E-state index contributed by atoms with van der Waals surface area (Å²) in [5.41, 5.74) is 6.99. The second-order valence-corrected chi connectivity index (χ2v) is 7.97. The third-order valence-electron chi connectivity index (χ3n) is 4.96. The molecule has 29 heavy (non-hydrogen) atoms. The van der Waals surface area contributed by atoms with Crippen LogP contribution in [-0.2, 0) is 19.0 Å². The number of hydrogen-bond acceptors (Lipinski definition) is 3. The van der Waals surface area contributed by atoms with E-state index in [2.05, 4.69) is 6.07 Å². The van der Waals surface area contributed by atoms with Gasteiger partial charge in [0.2, 0.25) is 0 Å². The Kier molecular flexibility index (Phi) is 4.96. The molecule has 0 amide bonds. The Morgan fingerprint density at radius 1 is 0.897 bits per heavy atom. The van der Waals surface area contributed by atoms with E-state index in [4.69, 9.17) is 5.73 Å². The Morgan fingerprint density at radius 3 is 2.41 bits per heavy atom. The van der Waals surface area contributed by atoms with Gasteiger partial charge in [0.25, 0.3) is 0 Å². The molecule has 148 valence electrons. The first-order valence-electron chi connectivity index (χ1n) is 9.09. The van der Waals surface area contributed by atoms with Crippen LogP contribution < -0.4 is 5.73 Å². The number of thiophene rings is 1. The van der Waals surface area contributed by atoms with Crippen molar-refractivity contribution >= 4 is 27.1 Å². The molecule has 1 aromatic heterocycles. The van der Waals surface area contributed by atoms with Gasteiger partial charge < -0.3 is 10.8 Å². The molecule has 3 aromatic carbocycles. The van der Waals surface area contributed by atoms with Crippen LogP contribution in [0.25, 0.3) is 21.9 Å². The van der Waals surface area contributed by atoms with Crippen molar-refractivity contribution in [3.63, 3.8) is 0 Å². The third-order valence-corrected chi connectivity index (χ3v) is 6.03. The summed E-state index contributed by atoms with van der Waals surface area (Å²) in [5.74, 6) is -0.0351. The van der Waals surface area contributed by atoms with Gasteiger partial charge in [-0.05, 0) is 46.9 Å². The van der Waals surface area contributed by atoms with Crippen LogP contribution in [0.4, 0.5) is 18.2 Å². The molecule has 0 unspecified atom stereocenters. The van der Waals surface area contributed by atoms with Crippen LogP contribution >= 0.6 is 11.3 Å². The molecule has 3 N–H and O–H groups in total. The van der Waals surface area contributed by atoms with Gasteiger partial charge in [-0.15, -0.1) is 11.3 Å². The van der Waals surface area contributed by atoms with Crippen LogP contribution in [-0.4, -0.2) is 5.11 Å². The molecule has 0 saturated carbocycles. The summed E-state index contributed by atoms with van der Waals surface area (Å²) in [6.45, 7) is 0. The Bertz CT molecular complexity index is 1180. The summed E-state index contributed by atoms with van der Waals surface area (Å²) in [4.78, 5) is 0.669. The lowest BCUT2D eigenvalue weighted by Crippen LogP contribution is -2.04. The van der Waals surface area contributed by atoms with E-state index in [1.54, 1.807) is 0 Å². The highest BCUT2D eigenvalue weighted by Crippen LogP contribution is 2.45.